The van der Waals surface area contributed by atoms with Gasteiger partial charge in [0, 0.05) is 31.1 Å². The van der Waals surface area contributed by atoms with Gasteiger partial charge in [-0.2, -0.15) is 5.10 Å². The molecule has 2 atom stereocenters. The first-order chi connectivity index (χ1) is 16.4. The van der Waals surface area contributed by atoms with E-state index in [9.17, 15) is 13.6 Å². The summed E-state index contributed by atoms with van der Waals surface area (Å²) in [6.45, 7) is 0.548. The third kappa shape index (κ3) is 3.36. The molecule has 9 heteroatoms. The summed E-state index contributed by atoms with van der Waals surface area (Å²) in [6.07, 6.45) is 4.48. The fraction of sp³-hybridized carbons (Fsp3) is 0.440. The number of carbonyl (C=O) groups excluding carboxylic acids is 1. The number of likely N-dealkylation sites (tertiary alicyclic amines) is 1. The lowest BCUT2D eigenvalue weighted by molar-refractivity contribution is -0.226. The minimum absolute atomic E-state index is 0.00989. The predicted molar refractivity (Wildman–Crippen MR) is 119 cm³/mol. The summed E-state index contributed by atoms with van der Waals surface area (Å²) in [7, 11) is 1.85. The van der Waals surface area contributed by atoms with Crippen LogP contribution in [0.15, 0.2) is 48.9 Å². The van der Waals surface area contributed by atoms with E-state index >= 15 is 0 Å². The first-order valence-corrected chi connectivity index (χ1v) is 11.5. The van der Waals surface area contributed by atoms with E-state index in [0.29, 0.717) is 18.1 Å². The van der Waals surface area contributed by atoms with E-state index in [1.165, 1.54) is 18.5 Å². The SMILES string of the molecule is Cn1nccc1-c1cc(OCC23CC(C(=O)N4CC(F)CC4c4cccc(F)c4)(C2)C3)ncn1. The van der Waals surface area contributed by atoms with Crippen LogP contribution in [-0.2, 0) is 11.8 Å². The normalized spacial score (nSPS) is 29.4. The van der Waals surface area contributed by atoms with Crippen molar-refractivity contribution in [3.05, 3.63) is 60.3 Å². The second-order valence-corrected chi connectivity index (χ2v) is 10.0. The van der Waals surface area contributed by atoms with Crippen molar-refractivity contribution in [2.45, 2.75) is 37.9 Å². The van der Waals surface area contributed by atoms with Crippen LogP contribution in [0.25, 0.3) is 11.4 Å². The molecule has 3 saturated carbocycles. The average Bonchev–Trinajstić information content (AvgIpc) is 3.37. The highest BCUT2D eigenvalue weighted by Gasteiger charge is 2.72. The number of aromatic nitrogens is 4. The number of benzene rings is 1. The van der Waals surface area contributed by atoms with Crippen molar-refractivity contribution in [3.8, 4) is 17.3 Å². The lowest BCUT2D eigenvalue weighted by atomic mass is 9.35. The molecule has 7 nitrogen and oxygen atoms in total. The molecule has 0 radical (unpaired) electrons. The molecule has 2 bridgehead atoms. The zero-order valence-electron chi connectivity index (χ0n) is 18.8. The van der Waals surface area contributed by atoms with Crippen molar-refractivity contribution >= 4 is 5.91 Å². The number of nitrogens with zero attached hydrogens (tertiary/aromatic N) is 5. The van der Waals surface area contributed by atoms with Gasteiger partial charge in [0.05, 0.1) is 36.0 Å². The molecule has 1 saturated heterocycles. The van der Waals surface area contributed by atoms with E-state index in [1.54, 1.807) is 34.0 Å². The van der Waals surface area contributed by atoms with E-state index in [4.69, 9.17) is 4.74 Å². The van der Waals surface area contributed by atoms with Gasteiger partial charge in [-0.1, -0.05) is 12.1 Å². The standard InChI is InChI=1S/C25H25F2N5O2/c1-31-20(5-6-30-31)19-9-22(29-15-28-19)34-14-24-11-25(12-24,13-24)23(33)32-10-18(27)8-21(32)16-3-2-4-17(26)7-16/h2-7,9,15,18,21H,8,10-14H2,1H3. The molecule has 1 amide bonds. The van der Waals surface area contributed by atoms with Crippen molar-refractivity contribution in [1.82, 2.24) is 24.6 Å². The van der Waals surface area contributed by atoms with Gasteiger partial charge in [0.1, 0.15) is 18.3 Å². The number of alkyl halides is 1. The van der Waals surface area contributed by atoms with Gasteiger partial charge in [-0.15, -0.1) is 0 Å². The van der Waals surface area contributed by atoms with Crippen molar-refractivity contribution in [2.75, 3.05) is 13.2 Å². The second-order valence-electron chi connectivity index (χ2n) is 10.0. The summed E-state index contributed by atoms with van der Waals surface area (Å²) in [5, 5.41) is 4.16. The summed E-state index contributed by atoms with van der Waals surface area (Å²) < 4.78 is 35.8. The Morgan fingerprint density at radius 1 is 1.21 bits per heavy atom. The minimum atomic E-state index is -1.09. The minimum Gasteiger partial charge on any atom is -0.477 e. The van der Waals surface area contributed by atoms with Crippen LogP contribution in [0.3, 0.4) is 0 Å². The Kier molecular flexibility index (Phi) is 4.72. The second kappa shape index (κ2) is 7.58. The van der Waals surface area contributed by atoms with Crippen LogP contribution in [0.5, 0.6) is 5.88 Å². The van der Waals surface area contributed by atoms with Gasteiger partial charge in [0.15, 0.2) is 0 Å². The average molecular weight is 466 g/mol. The Bertz CT molecular complexity index is 1240. The third-order valence-electron chi connectivity index (χ3n) is 7.59. The fourth-order valence-electron chi connectivity index (χ4n) is 6.13. The van der Waals surface area contributed by atoms with Gasteiger partial charge in [-0.25, -0.2) is 18.7 Å². The van der Waals surface area contributed by atoms with Gasteiger partial charge in [0.25, 0.3) is 0 Å². The summed E-state index contributed by atoms with van der Waals surface area (Å²) in [5.41, 5.74) is 1.77. The molecule has 2 aromatic heterocycles. The molecule has 7 rings (SSSR count). The van der Waals surface area contributed by atoms with E-state index < -0.39 is 17.6 Å². The Labute approximate surface area is 195 Å². The molecule has 1 aromatic carbocycles. The number of hydrogen-bond donors (Lipinski definition) is 0. The lowest BCUT2D eigenvalue weighted by Gasteiger charge is -2.69. The number of carbonyl (C=O) groups is 1. The predicted octanol–water partition coefficient (Wildman–Crippen LogP) is 3.88. The molecule has 176 valence electrons. The van der Waals surface area contributed by atoms with Crippen LogP contribution < -0.4 is 4.74 Å². The fourth-order valence-corrected chi connectivity index (χ4v) is 6.13. The highest BCUT2D eigenvalue weighted by molar-refractivity contribution is 5.87. The zero-order valence-corrected chi connectivity index (χ0v) is 18.8. The number of aryl methyl sites for hydroxylation is 1. The molecular weight excluding hydrogens is 440 g/mol. The van der Waals surface area contributed by atoms with Crippen LogP contribution in [0.4, 0.5) is 8.78 Å². The molecular formula is C25H25F2N5O2. The molecule has 4 aliphatic rings. The number of hydrogen-bond acceptors (Lipinski definition) is 5. The quantitative estimate of drug-likeness (QED) is 0.553. The maximum absolute atomic E-state index is 14.3. The molecule has 2 unspecified atom stereocenters. The molecule has 0 N–H and O–H groups in total. The molecule has 3 heterocycles. The van der Waals surface area contributed by atoms with Gasteiger partial charge in [-0.05, 0) is 43.0 Å². The van der Waals surface area contributed by atoms with Crippen molar-refractivity contribution in [1.29, 1.82) is 0 Å². The molecule has 1 aliphatic heterocycles. The maximum Gasteiger partial charge on any atom is 0.229 e. The maximum atomic E-state index is 14.3. The number of halogens is 2. The molecule has 0 spiro atoms. The summed E-state index contributed by atoms with van der Waals surface area (Å²) >= 11 is 0. The summed E-state index contributed by atoms with van der Waals surface area (Å²) in [6, 6.07) is 9.40. The van der Waals surface area contributed by atoms with Crippen LogP contribution >= 0.6 is 0 Å². The third-order valence-corrected chi connectivity index (χ3v) is 7.59. The summed E-state index contributed by atoms with van der Waals surface area (Å²) in [4.78, 5) is 23.6. The highest BCUT2D eigenvalue weighted by Crippen LogP contribution is 2.74. The summed E-state index contributed by atoms with van der Waals surface area (Å²) in [5.74, 6) is 0.108. The molecule has 34 heavy (non-hydrogen) atoms. The van der Waals surface area contributed by atoms with Gasteiger partial charge >= 0.3 is 0 Å². The Balaban J connectivity index is 1.10. The van der Waals surface area contributed by atoms with Crippen LogP contribution in [0.1, 0.15) is 37.3 Å². The molecule has 4 fully saturated rings. The van der Waals surface area contributed by atoms with E-state index in [-0.39, 0.29) is 30.1 Å². The first-order valence-electron chi connectivity index (χ1n) is 11.5. The van der Waals surface area contributed by atoms with Crippen molar-refractivity contribution < 1.29 is 18.3 Å². The zero-order chi connectivity index (χ0) is 23.5. The lowest BCUT2D eigenvalue weighted by Crippen LogP contribution is -2.69. The smallest absolute Gasteiger partial charge is 0.229 e. The largest absolute Gasteiger partial charge is 0.477 e. The molecule has 3 aromatic rings. The van der Waals surface area contributed by atoms with E-state index in [0.717, 1.165) is 30.7 Å². The molecule has 3 aliphatic carbocycles. The van der Waals surface area contributed by atoms with Gasteiger partial charge in [-0.3, -0.25) is 9.48 Å². The van der Waals surface area contributed by atoms with Crippen LogP contribution in [-0.4, -0.2) is 49.9 Å². The van der Waals surface area contributed by atoms with Crippen LogP contribution in [0, 0.1) is 16.6 Å². The Morgan fingerprint density at radius 2 is 2.03 bits per heavy atom. The topological polar surface area (TPSA) is 73.1 Å². The monoisotopic (exact) mass is 465 g/mol. The van der Waals surface area contributed by atoms with Gasteiger partial charge < -0.3 is 9.64 Å². The van der Waals surface area contributed by atoms with Crippen molar-refractivity contribution in [2.24, 2.45) is 17.9 Å². The Hall–Kier alpha value is -3.36. The van der Waals surface area contributed by atoms with E-state index in [1.807, 2.05) is 13.1 Å². The number of amides is 1. The van der Waals surface area contributed by atoms with Crippen LogP contribution in [0.2, 0.25) is 0 Å². The first kappa shape index (κ1) is 21.2. The van der Waals surface area contributed by atoms with Crippen molar-refractivity contribution in [3.63, 3.8) is 0 Å². The van der Waals surface area contributed by atoms with E-state index in [2.05, 4.69) is 15.1 Å². The van der Waals surface area contributed by atoms with Gasteiger partial charge in [0.2, 0.25) is 11.8 Å². The number of ether oxygens (including phenoxy) is 1. The number of rotatable bonds is 6. The highest BCUT2D eigenvalue weighted by atomic mass is 19.1. The Morgan fingerprint density at radius 3 is 2.76 bits per heavy atom.